The minimum absolute atomic E-state index is 0. The lowest BCUT2D eigenvalue weighted by atomic mass is 9.92. The van der Waals surface area contributed by atoms with Crippen molar-refractivity contribution in [1.82, 2.24) is 10.3 Å². The zero-order valence-electron chi connectivity index (χ0n) is 12.9. The number of nitrogens with one attached hydrogen (secondary N) is 1. The molecule has 3 N–H and O–H groups in total. The highest BCUT2D eigenvalue weighted by molar-refractivity contribution is 9.10. The van der Waals surface area contributed by atoms with Crippen molar-refractivity contribution in [3.63, 3.8) is 0 Å². The van der Waals surface area contributed by atoms with Crippen LogP contribution >= 0.6 is 40.7 Å². The summed E-state index contributed by atoms with van der Waals surface area (Å²) in [6, 6.07) is 11.3. The Labute approximate surface area is 157 Å². The van der Waals surface area contributed by atoms with Crippen LogP contribution in [0, 0.1) is 6.92 Å². The van der Waals surface area contributed by atoms with Crippen molar-refractivity contribution in [2.75, 3.05) is 0 Å². The molecule has 126 valence electrons. The van der Waals surface area contributed by atoms with E-state index in [4.69, 9.17) is 5.73 Å². The van der Waals surface area contributed by atoms with E-state index >= 15 is 0 Å². The van der Waals surface area contributed by atoms with E-state index in [0.717, 1.165) is 21.3 Å². The molecule has 1 atom stereocenters. The average Bonchev–Trinajstić information content (AvgIpc) is 2.46. The van der Waals surface area contributed by atoms with Gasteiger partial charge < -0.3 is 11.1 Å². The fourth-order valence-corrected chi connectivity index (χ4v) is 2.24. The number of nitrogens with zero attached hydrogens (tertiary/aromatic N) is 1. The molecule has 0 bridgehead atoms. The zero-order chi connectivity index (χ0) is 15.5. The third-order valence-electron chi connectivity index (χ3n) is 3.45. The third-order valence-corrected chi connectivity index (χ3v) is 3.98. The maximum Gasteiger partial charge on any atom is 0.244 e. The fraction of sp³-hybridized carbons (Fsp3) is 0.250. The van der Waals surface area contributed by atoms with Gasteiger partial charge in [-0.1, -0.05) is 34.1 Å². The van der Waals surface area contributed by atoms with Gasteiger partial charge in [0.05, 0.1) is 12.2 Å². The first-order valence-electron chi connectivity index (χ1n) is 6.65. The standard InChI is InChI=1S/C16H18BrN3O.2ClH/c1-11-4-3-9-19-14(11)10-20-15(21)16(2,18)12-5-7-13(17)8-6-12;;/h3-9H,10,18H2,1-2H3,(H,20,21);2*1H. The van der Waals surface area contributed by atoms with Crippen molar-refractivity contribution in [3.05, 3.63) is 63.9 Å². The lowest BCUT2D eigenvalue weighted by molar-refractivity contribution is -0.126. The molecule has 1 heterocycles. The van der Waals surface area contributed by atoms with Crippen LogP contribution in [0.15, 0.2) is 47.1 Å². The number of aryl methyl sites for hydroxylation is 1. The summed E-state index contributed by atoms with van der Waals surface area (Å²) in [6.45, 7) is 4.04. The molecular weight excluding hydrogens is 401 g/mol. The molecule has 1 unspecified atom stereocenters. The van der Waals surface area contributed by atoms with Crippen molar-refractivity contribution in [2.45, 2.75) is 25.9 Å². The van der Waals surface area contributed by atoms with Crippen molar-refractivity contribution >= 4 is 46.7 Å². The number of carbonyl (C=O) groups is 1. The minimum Gasteiger partial charge on any atom is -0.349 e. The molecule has 1 aromatic heterocycles. The maximum absolute atomic E-state index is 12.4. The second-order valence-corrected chi connectivity index (χ2v) is 6.07. The Balaban J connectivity index is 0.00000242. The Morgan fingerprint density at radius 1 is 1.26 bits per heavy atom. The molecule has 0 saturated carbocycles. The van der Waals surface area contributed by atoms with E-state index in [0.29, 0.717) is 6.54 Å². The molecule has 0 aliphatic carbocycles. The van der Waals surface area contributed by atoms with Crippen LogP contribution in [0.4, 0.5) is 0 Å². The van der Waals surface area contributed by atoms with Crippen LogP contribution < -0.4 is 11.1 Å². The fourth-order valence-electron chi connectivity index (χ4n) is 1.98. The second-order valence-electron chi connectivity index (χ2n) is 5.16. The second kappa shape index (κ2) is 9.23. The first-order chi connectivity index (χ1) is 9.91. The molecule has 2 aromatic rings. The van der Waals surface area contributed by atoms with Gasteiger partial charge >= 0.3 is 0 Å². The van der Waals surface area contributed by atoms with Gasteiger partial charge in [0, 0.05) is 10.7 Å². The number of carbonyl (C=O) groups excluding carboxylic acids is 1. The summed E-state index contributed by atoms with van der Waals surface area (Å²) in [5, 5.41) is 2.85. The monoisotopic (exact) mass is 419 g/mol. The average molecular weight is 421 g/mol. The first-order valence-corrected chi connectivity index (χ1v) is 7.44. The quantitative estimate of drug-likeness (QED) is 0.795. The summed E-state index contributed by atoms with van der Waals surface area (Å²) >= 11 is 3.37. The molecule has 4 nitrogen and oxygen atoms in total. The molecule has 0 aliphatic heterocycles. The molecule has 23 heavy (non-hydrogen) atoms. The van der Waals surface area contributed by atoms with Gasteiger partial charge in [0.25, 0.3) is 0 Å². The van der Waals surface area contributed by atoms with Gasteiger partial charge in [0.15, 0.2) is 0 Å². The number of hydrogen-bond acceptors (Lipinski definition) is 3. The summed E-state index contributed by atoms with van der Waals surface area (Å²) in [6.07, 6.45) is 1.71. The molecule has 0 spiro atoms. The van der Waals surface area contributed by atoms with Crippen LogP contribution in [0.3, 0.4) is 0 Å². The van der Waals surface area contributed by atoms with E-state index in [1.165, 1.54) is 0 Å². The maximum atomic E-state index is 12.4. The molecule has 1 amide bonds. The molecule has 7 heteroatoms. The third kappa shape index (κ3) is 5.46. The largest absolute Gasteiger partial charge is 0.349 e. The van der Waals surface area contributed by atoms with E-state index < -0.39 is 5.54 Å². The van der Waals surface area contributed by atoms with Gasteiger partial charge in [-0.3, -0.25) is 9.78 Å². The lowest BCUT2D eigenvalue weighted by Crippen LogP contribution is -2.48. The van der Waals surface area contributed by atoms with Crippen molar-refractivity contribution in [2.24, 2.45) is 5.73 Å². The molecule has 0 aliphatic rings. The Kier molecular flexibility index (Phi) is 8.77. The molecule has 0 fully saturated rings. The van der Waals surface area contributed by atoms with Crippen LogP contribution in [0.5, 0.6) is 0 Å². The topological polar surface area (TPSA) is 68.0 Å². The van der Waals surface area contributed by atoms with E-state index in [-0.39, 0.29) is 30.7 Å². The number of nitrogens with two attached hydrogens (primary N) is 1. The highest BCUT2D eigenvalue weighted by Gasteiger charge is 2.30. The van der Waals surface area contributed by atoms with E-state index in [1.807, 2.05) is 43.3 Å². The molecule has 2 rings (SSSR count). The van der Waals surface area contributed by atoms with Gasteiger partial charge in [-0.05, 0) is 43.2 Å². The molecule has 0 radical (unpaired) electrons. The number of benzene rings is 1. The Morgan fingerprint density at radius 3 is 2.43 bits per heavy atom. The predicted octanol–water partition coefficient (Wildman–Crippen LogP) is 3.49. The number of aromatic nitrogens is 1. The van der Waals surface area contributed by atoms with Gasteiger partial charge in [-0.25, -0.2) is 0 Å². The van der Waals surface area contributed by atoms with Gasteiger partial charge in [0.1, 0.15) is 5.54 Å². The van der Waals surface area contributed by atoms with E-state index in [9.17, 15) is 4.79 Å². The number of halogens is 3. The van der Waals surface area contributed by atoms with Crippen LogP contribution in [0.1, 0.15) is 23.7 Å². The molecule has 1 aromatic carbocycles. The van der Waals surface area contributed by atoms with Gasteiger partial charge in [0.2, 0.25) is 5.91 Å². The van der Waals surface area contributed by atoms with Crippen LogP contribution in [0.2, 0.25) is 0 Å². The highest BCUT2D eigenvalue weighted by atomic mass is 79.9. The molecule has 0 saturated heterocycles. The van der Waals surface area contributed by atoms with Crippen LogP contribution in [-0.2, 0) is 16.9 Å². The first kappa shape index (κ1) is 21.9. The zero-order valence-corrected chi connectivity index (χ0v) is 16.1. The van der Waals surface area contributed by atoms with Crippen molar-refractivity contribution in [3.8, 4) is 0 Å². The number of rotatable bonds is 4. The minimum atomic E-state index is -1.08. The lowest BCUT2D eigenvalue weighted by Gasteiger charge is -2.24. The summed E-state index contributed by atoms with van der Waals surface area (Å²) in [5.41, 5.74) is 7.76. The summed E-state index contributed by atoms with van der Waals surface area (Å²) in [4.78, 5) is 16.6. The van der Waals surface area contributed by atoms with Crippen LogP contribution in [0.25, 0.3) is 0 Å². The Morgan fingerprint density at radius 2 is 1.87 bits per heavy atom. The van der Waals surface area contributed by atoms with Crippen LogP contribution in [-0.4, -0.2) is 10.9 Å². The summed E-state index contributed by atoms with van der Waals surface area (Å²) in [5.74, 6) is -0.227. The van der Waals surface area contributed by atoms with Gasteiger partial charge in [-0.15, -0.1) is 24.8 Å². The summed E-state index contributed by atoms with van der Waals surface area (Å²) in [7, 11) is 0. The van der Waals surface area contributed by atoms with Crippen molar-refractivity contribution in [1.29, 1.82) is 0 Å². The Hall–Kier alpha value is -1.14. The predicted molar refractivity (Wildman–Crippen MR) is 101 cm³/mol. The molecular formula is C16H20BrCl2N3O. The van der Waals surface area contributed by atoms with Gasteiger partial charge in [-0.2, -0.15) is 0 Å². The number of amides is 1. The highest BCUT2D eigenvalue weighted by Crippen LogP contribution is 2.20. The number of hydrogen-bond donors (Lipinski definition) is 2. The van der Waals surface area contributed by atoms with E-state index in [1.54, 1.807) is 13.1 Å². The SMILES string of the molecule is Cc1cccnc1CNC(=O)C(C)(N)c1ccc(Br)cc1.Cl.Cl. The Bertz CT molecular complexity index is 648. The van der Waals surface area contributed by atoms with E-state index in [2.05, 4.69) is 26.2 Å². The summed E-state index contributed by atoms with van der Waals surface area (Å²) < 4.78 is 0.951. The van der Waals surface area contributed by atoms with Crippen molar-refractivity contribution < 1.29 is 4.79 Å². The number of pyridine rings is 1. The normalized spacial score (nSPS) is 12.3. The smallest absolute Gasteiger partial charge is 0.244 e.